The Balaban J connectivity index is 2.30. The van der Waals surface area contributed by atoms with E-state index in [9.17, 15) is 9.59 Å². The van der Waals surface area contributed by atoms with Gasteiger partial charge in [-0.2, -0.15) is 0 Å². The minimum Gasteiger partial charge on any atom is -0.481 e. The van der Waals surface area contributed by atoms with E-state index in [2.05, 4.69) is 10.3 Å². The molecule has 2 heterocycles. The van der Waals surface area contributed by atoms with E-state index >= 15 is 0 Å². The third kappa shape index (κ3) is 2.38. The molecule has 6 heteroatoms. The number of hydrogen-bond acceptors (Lipinski definition) is 4. The van der Waals surface area contributed by atoms with Gasteiger partial charge in [0.05, 0.1) is 20.2 Å². The fourth-order valence-corrected chi connectivity index (χ4v) is 2.09. The standard InChI is InChI=1S/C13H17N3O3/c1-13(2)12(18)15-7-10(17)16(13)8-9-5-4-6-14-11(9)19-3/h4-6H,7-8H2,1-3H3,(H,15,18). The van der Waals surface area contributed by atoms with Crippen LogP contribution < -0.4 is 10.1 Å². The van der Waals surface area contributed by atoms with Crippen LogP contribution in [0.15, 0.2) is 18.3 Å². The van der Waals surface area contributed by atoms with Crippen LogP contribution in [0.2, 0.25) is 0 Å². The zero-order chi connectivity index (χ0) is 14.0. The number of methoxy groups -OCH3 is 1. The summed E-state index contributed by atoms with van der Waals surface area (Å²) < 4.78 is 5.17. The van der Waals surface area contributed by atoms with Gasteiger partial charge in [0.1, 0.15) is 5.54 Å². The van der Waals surface area contributed by atoms with Crippen LogP contribution in [0.3, 0.4) is 0 Å². The zero-order valence-corrected chi connectivity index (χ0v) is 11.3. The molecular weight excluding hydrogens is 246 g/mol. The Labute approximate surface area is 111 Å². The van der Waals surface area contributed by atoms with E-state index in [4.69, 9.17) is 4.74 Å². The van der Waals surface area contributed by atoms with Crippen molar-refractivity contribution in [1.29, 1.82) is 0 Å². The van der Waals surface area contributed by atoms with Crippen LogP contribution in [0.5, 0.6) is 5.88 Å². The number of rotatable bonds is 3. The molecule has 6 nitrogen and oxygen atoms in total. The van der Waals surface area contributed by atoms with Gasteiger partial charge in [-0.25, -0.2) is 4.98 Å². The lowest BCUT2D eigenvalue weighted by molar-refractivity contribution is -0.152. The number of amides is 2. The first kappa shape index (κ1) is 13.3. The van der Waals surface area contributed by atoms with Crippen molar-refractivity contribution in [3.63, 3.8) is 0 Å². The second-order valence-corrected chi connectivity index (χ2v) is 4.89. The second kappa shape index (κ2) is 4.87. The lowest BCUT2D eigenvalue weighted by Crippen LogP contribution is -2.63. The Hall–Kier alpha value is -2.11. The van der Waals surface area contributed by atoms with Crippen LogP contribution in [0.25, 0.3) is 0 Å². The van der Waals surface area contributed by atoms with Crippen LogP contribution >= 0.6 is 0 Å². The van der Waals surface area contributed by atoms with Gasteiger partial charge in [-0.1, -0.05) is 6.07 Å². The highest BCUT2D eigenvalue weighted by Gasteiger charge is 2.41. The highest BCUT2D eigenvalue weighted by Crippen LogP contribution is 2.24. The molecule has 1 aromatic heterocycles. The predicted molar refractivity (Wildman–Crippen MR) is 68.4 cm³/mol. The lowest BCUT2D eigenvalue weighted by atomic mass is 9.98. The van der Waals surface area contributed by atoms with Crippen molar-refractivity contribution >= 4 is 11.8 Å². The number of carbonyl (C=O) groups is 2. The van der Waals surface area contributed by atoms with Crippen LogP contribution in [-0.2, 0) is 16.1 Å². The number of piperazine rings is 1. The summed E-state index contributed by atoms with van der Waals surface area (Å²) in [4.78, 5) is 29.5. The number of hydrogen-bond donors (Lipinski definition) is 1. The maximum Gasteiger partial charge on any atom is 0.245 e. The van der Waals surface area contributed by atoms with Gasteiger partial charge in [-0.3, -0.25) is 9.59 Å². The molecule has 19 heavy (non-hydrogen) atoms. The van der Waals surface area contributed by atoms with Gasteiger partial charge < -0.3 is 15.0 Å². The van der Waals surface area contributed by atoms with Gasteiger partial charge in [-0.15, -0.1) is 0 Å². The number of carbonyl (C=O) groups excluding carboxylic acids is 2. The number of pyridine rings is 1. The van der Waals surface area contributed by atoms with Crippen LogP contribution in [0, 0.1) is 0 Å². The van der Waals surface area contributed by atoms with Gasteiger partial charge in [0.2, 0.25) is 17.7 Å². The third-order valence-corrected chi connectivity index (χ3v) is 3.30. The first-order chi connectivity index (χ1) is 8.96. The van der Waals surface area contributed by atoms with Crippen molar-refractivity contribution in [2.24, 2.45) is 0 Å². The number of nitrogens with zero attached hydrogens (tertiary/aromatic N) is 2. The summed E-state index contributed by atoms with van der Waals surface area (Å²) in [5, 5.41) is 2.59. The molecule has 0 bridgehead atoms. The molecule has 0 unspecified atom stereocenters. The molecule has 1 N–H and O–H groups in total. The van der Waals surface area contributed by atoms with Gasteiger partial charge in [-0.05, 0) is 19.9 Å². The minimum absolute atomic E-state index is 0.0326. The van der Waals surface area contributed by atoms with E-state index in [0.29, 0.717) is 12.4 Å². The molecule has 0 aromatic carbocycles. The SMILES string of the molecule is COc1ncccc1CN1C(=O)CNC(=O)C1(C)C. The number of ether oxygens (including phenoxy) is 1. The van der Waals surface area contributed by atoms with Crippen molar-refractivity contribution in [2.75, 3.05) is 13.7 Å². The summed E-state index contributed by atoms with van der Waals surface area (Å²) in [6.07, 6.45) is 1.62. The maximum atomic E-state index is 12.0. The highest BCUT2D eigenvalue weighted by atomic mass is 16.5. The summed E-state index contributed by atoms with van der Waals surface area (Å²) in [6.45, 7) is 3.78. The molecule has 1 fully saturated rings. The van der Waals surface area contributed by atoms with Crippen molar-refractivity contribution in [3.05, 3.63) is 23.9 Å². The topological polar surface area (TPSA) is 71.5 Å². The van der Waals surface area contributed by atoms with Gasteiger partial charge >= 0.3 is 0 Å². The van der Waals surface area contributed by atoms with Gasteiger partial charge in [0.25, 0.3) is 0 Å². The molecule has 0 atom stereocenters. The first-order valence-corrected chi connectivity index (χ1v) is 6.03. The largest absolute Gasteiger partial charge is 0.481 e. The van der Waals surface area contributed by atoms with E-state index in [1.165, 1.54) is 7.11 Å². The zero-order valence-electron chi connectivity index (χ0n) is 11.3. The molecule has 0 saturated carbocycles. The summed E-state index contributed by atoms with van der Waals surface area (Å²) >= 11 is 0. The summed E-state index contributed by atoms with van der Waals surface area (Å²) in [7, 11) is 1.53. The van der Waals surface area contributed by atoms with Crippen molar-refractivity contribution in [2.45, 2.75) is 25.9 Å². The first-order valence-electron chi connectivity index (χ1n) is 6.03. The minimum atomic E-state index is -0.879. The second-order valence-electron chi connectivity index (χ2n) is 4.89. The quantitative estimate of drug-likeness (QED) is 0.853. The summed E-state index contributed by atoms with van der Waals surface area (Å²) in [6, 6.07) is 3.61. The molecule has 2 rings (SSSR count). The van der Waals surface area contributed by atoms with E-state index < -0.39 is 5.54 Å². The Morgan fingerprint density at radius 3 is 2.89 bits per heavy atom. The van der Waals surface area contributed by atoms with E-state index in [-0.39, 0.29) is 18.4 Å². The van der Waals surface area contributed by atoms with Crippen molar-refractivity contribution in [3.8, 4) is 5.88 Å². The molecule has 0 aliphatic carbocycles. The highest BCUT2D eigenvalue weighted by molar-refractivity contribution is 5.97. The number of aromatic nitrogens is 1. The molecule has 1 saturated heterocycles. The van der Waals surface area contributed by atoms with Crippen LogP contribution in [0.1, 0.15) is 19.4 Å². The molecule has 0 spiro atoms. The average Bonchev–Trinajstić information content (AvgIpc) is 2.40. The van der Waals surface area contributed by atoms with E-state index in [0.717, 1.165) is 5.56 Å². The Kier molecular flexibility index (Phi) is 3.42. The van der Waals surface area contributed by atoms with E-state index in [1.54, 1.807) is 31.0 Å². The number of nitrogens with one attached hydrogen (secondary N) is 1. The van der Waals surface area contributed by atoms with Gasteiger partial charge in [0.15, 0.2) is 0 Å². The normalized spacial score (nSPS) is 18.2. The molecule has 1 aromatic rings. The monoisotopic (exact) mass is 263 g/mol. The summed E-state index contributed by atoms with van der Waals surface area (Å²) in [5.41, 5.74) is -0.1000. The molecule has 0 radical (unpaired) electrons. The predicted octanol–water partition coefficient (Wildman–Crippen LogP) is 0.327. The molecule has 2 amide bonds. The molecular formula is C13H17N3O3. The Bertz CT molecular complexity index is 514. The van der Waals surface area contributed by atoms with E-state index in [1.807, 2.05) is 6.07 Å². The van der Waals surface area contributed by atoms with Crippen molar-refractivity contribution < 1.29 is 14.3 Å². The third-order valence-electron chi connectivity index (χ3n) is 3.30. The molecule has 102 valence electrons. The lowest BCUT2D eigenvalue weighted by Gasteiger charge is -2.41. The summed E-state index contributed by atoms with van der Waals surface area (Å²) in [5.74, 6) is 0.197. The average molecular weight is 263 g/mol. The van der Waals surface area contributed by atoms with Crippen LogP contribution in [-0.4, -0.2) is 40.9 Å². The molecule has 1 aliphatic heterocycles. The maximum absolute atomic E-state index is 12.0. The Morgan fingerprint density at radius 1 is 1.47 bits per heavy atom. The Morgan fingerprint density at radius 2 is 2.21 bits per heavy atom. The smallest absolute Gasteiger partial charge is 0.245 e. The molecule has 1 aliphatic rings. The fraction of sp³-hybridized carbons (Fsp3) is 0.462. The fourth-order valence-electron chi connectivity index (χ4n) is 2.09. The van der Waals surface area contributed by atoms with Crippen molar-refractivity contribution in [1.82, 2.24) is 15.2 Å². The van der Waals surface area contributed by atoms with Gasteiger partial charge in [0, 0.05) is 11.8 Å². The van der Waals surface area contributed by atoms with Crippen LogP contribution in [0.4, 0.5) is 0 Å².